The Labute approximate surface area is 111 Å². The van der Waals surface area contributed by atoms with E-state index in [2.05, 4.69) is 19.2 Å². The van der Waals surface area contributed by atoms with Crippen molar-refractivity contribution in [3.8, 4) is 0 Å². The Morgan fingerprint density at radius 2 is 2.00 bits per heavy atom. The Balaban J connectivity index is 1.84. The summed E-state index contributed by atoms with van der Waals surface area (Å²) in [7, 11) is 0. The van der Waals surface area contributed by atoms with E-state index in [1.54, 1.807) is 0 Å². The topological polar surface area (TPSA) is 55.1 Å². The molecule has 3 heteroatoms. The molecule has 3 nitrogen and oxygen atoms in total. The van der Waals surface area contributed by atoms with Crippen LogP contribution in [0.3, 0.4) is 0 Å². The van der Waals surface area contributed by atoms with Crippen LogP contribution in [0.4, 0.5) is 0 Å². The second kappa shape index (κ2) is 5.60. The van der Waals surface area contributed by atoms with Gasteiger partial charge in [-0.15, -0.1) is 0 Å². The molecular weight excluding hydrogens is 224 g/mol. The van der Waals surface area contributed by atoms with Crippen LogP contribution in [0.15, 0.2) is 0 Å². The molecule has 18 heavy (non-hydrogen) atoms. The lowest BCUT2D eigenvalue weighted by Crippen LogP contribution is -2.44. The van der Waals surface area contributed by atoms with Gasteiger partial charge in [0, 0.05) is 12.5 Å². The normalized spacial score (nSPS) is 30.7. The van der Waals surface area contributed by atoms with E-state index in [-0.39, 0.29) is 5.41 Å². The first-order valence-corrected chi connectivity index (χ1v) is 7.62. The van der Waals surface area contributed by atoms with Gasteiger partial charge < -0.3 is 11.1 Å². The summed E-state index contributed by atoms with van der Waals surface area (Å²) in [4.78, 5) is 12.3. The molecule has 3 atom stereocenters. The van der Waals surface area contributed by atoms with E-state index in [0.29, 0.717) is 24.3 Å². The highest BCUT2D eigenvalue weighted by Crippen LogP contribution is 2.48. The Hall–Kier alpha value is -0.570. The second-order valence-corrected chi connectivity index (χ2v) is 6.41. The van der Waals surface area contributed by atoms with Gasteiger partial charge >= 0.3 is 0 Å². The van der Waals surface area contributed by atoms with Gasteiger partial charge in [-0.25, -0.2) is 0 Å². The quantitative estimate of drug-likeness (QED) is 0.762. The molecule has 0 aromatic carbocycles. The van der Waals surface area contributed by atoms with E-state index in [0.717, 1.165) is 31.7 Å². The van der Waals surface area contributed by atoms with Crippen molar-refractivity contribution in [2.24, 2.45) is 28.9 Å². The van der Waals surface area contributed by atoms with Gasteiger partial charge in [-0.2, -0.15) is 0 Å². The van der Waals surface area contributed by atoms with E-state index in [1.165, 1.54) is 19.3 Å². The van der Waals surface area contributed by atoms with Crippen molar-refractivity contribution in [1.82, 2.24) is 5.32 Å². The van der Waals surface area contributed by atoms with Crippen LogP contribution in [0.1, 0.15) is 52.4 Å². The molecule has 104 valence electrons. The van der Waals surface area contributed by atoms with Crippen LogP contribution in [0.25, 0.3) is 0 Å². The summed E-state index contributed by atoms with van der Waals surface area (Å²) >= 11 is 0. The Morgan fingerprint density at radius 3 is 2.44 bits per heavy atom. The molecule has 0 spiro atoms. The van der Waals surface area contributed by atoms with Crippen molar-refractivity contribution in [1.29, 1.82) is 0 Å². The fraction of sp³-hybridized carbons (Fsp3) is 0.933. The molecule has 2 bridgehead atoms. The Morgan fingerprint density at radius 1 is 1.28 bits per heavy atom. The van der Waals surface area contributed by atoms with Crippen LogP contribution >= 0.6 is 0 Å². The largest absolute Gasteiger partial charge is 0.355 e. The predicted molar refractivity (Wildman–Crippen MR) is 74.0 cm³/mol. The van der Waals surface area contributed by atoms with Crippen LogP contribution in [0.5, 0.6) is 0 Å². The second-order valence-electron chi connectivity index (χ2n) is 6.41. The van der Waals surface area contributed by atoms with Crippen LogP contribution in [0.2, 0.25) is 0 Å². The molecule has 0 aliphatic heterocycles. The van der Waals surface area contributed by atoms with Gasteiger partial charge in [-0.1, -0.05) is 20.3 Å². The molecule has 3 unspecified atom stereocenters. The monoisotopic (exact) mass is 252 g/mol. The number of carbonyl (C=O) groups excluding carboxylic acids is 1. The molecule has 2 aliphatic carbocycles. The Bertz CT molecular complexity index is 291. The molecule has 0 heterocycles. The van der Waals surface area contributed by atoms with Crippen molar-refractivity contribution in [2.45, 2.75) is 52.4 Å². The maximum atomic E-state index is 12.3. The van der Waals surface area contributed by atoms with Gasteiger partial charge in [0.1, 0.15) is 0 Å². The minimum absolute atomic E-state index is 0.104. The molecule has 1 amide bonds. The van der Waals surface area contributed by atoms with Gasteiger partial charge in [-0.05, 0) is 55.9 Å². The zero-order chi connectivity index (χ0) is 13.2. The minimum atomic E-state index is 0.104. The molecule has 0 aromatic rings. The summed E-state index contributed by atoms with van der Waals surface area (Å²) in [5, 5.41) is 3.18. The Kier molecular flexibility index (Phi) is 4.31. The molecule has 2 rings (SSSR count). The average molecular weight is 252 g/mol. The van der Waals surface area contributed by atoms with Crippen LogP contribution in [-0.2, 0) is 4.79 Å². The number of fused-ring (bicyclic) bond motifs is 2. The van der Waals surface area contributed by atoms with Gasteiger partial charge in [0.05, 0.1) is 0 Å². The van der Waals surface area contributed by atoms with Gasteiger partial charge in [0.15, 0.2) is 0 Å². The third kappa shape index (κ3) is 2.56. The third-order valence-corrected chi connectivity index (χ3v) is 5.65. The molecule has 0 aromatic heterocycles. The zero-order valence-electron chi connectivity index (χ0n) is 11.9. The minimum Gasteiger partial charge on any atom is -0.355 e. The van der Waals surface area contributed by atoms with Crippen molar-refractivity contribution >= 4 is 5.91 Å². The summed E-state index contributed by atoms with van der Waals surface area (Å²) in [6, 6.07) is 0. The van der Waals surface area contributed by atoms with Crippen molar-refractivity contribution in [3.05, 3.63) is 0 Å². The molecular formula is C15H28N2O. The number of nitrogens with two attached hydrogens (primary N) is 1. The summed E-state index contributed by atoms with van der Waals surface area (Å²) < 4.78 is 0. The van der Waals surface area contributed by atoms with Gasteiger partial charge in [0.25, 0.3) is 0 Å². The van der Waals surface area contributed by atoms with E-state index in [1.807, 2.05) is 0 Å². The van der Waals surface area contributed by atoms with Crippen LogP contribution in [0, 0.1) is 23.2 Å². The fourth-order valence-electron chi connectivity index (χ4n) is 3.83. The highest BCUT2D eigenvalue weighted by atomic mass is 16.1. The number of hydrogen-bond acceptors (Lipinski definition) is 2. The van der Waals surface area contributed by atoms with Crippen molar-refractivity contribution < 1.29 is 4.79 Å². The molecule has 2 aliphatic rings. The number of amides is 1. The summed E-state index contributed by atoms with van der Waals surface area (Å²) in [6.07, 6.45) is 7.12. The molecule has 0 radical (unpaired) electrons. The van der Waals surface area contributed by atoms with Crippen molar-refractivity contribution in [3.63, 3.8) is 0 Å². The van der Waals surface area contributed by atoms with Gasteiger partial charge in [0.2, 0.25) is 5.91 Å². The maximum absolute atomic E-state index is 12.3. The summed E-state index contributed by atoms with van der Waals surface area (Å²) in [6.45, 7) is 5.75. The molecule has 3 N–H and O–H groups in total. The molecule has 0 saturated heterocycles. The number of hydrogen-bond donors (Lipinski definition) is 2. The average Bonchev–Trinajstić information content (AvgIpc) is 3.03. The first-order chi connectivity index (χ1) is 8.64. The van der Waals surface area contributed by atoms with Crippen molar-refractivity contribution in [2.75, 3.05) is 13.1 Å². The lowest BCUT2D eigenvalue weighted by Gasteiger charge is -2.31. The van der Waals surface area contributed by atoms with Crippen LogP contribution in [-0.4, -0.2) is 19.0 Å². The summed E-state index contributed by atoms with van der Waals surface area (Å²) in [5.41, 5.74) is 5.98. The molecule has 2 saturated carbocycles. The smallest absolute Gasteiger partial charge is 0.223 e. The van der Waals surface area contributed by atoms with E-state index in [4.69, 9.17) is 5.73 Å². The lowest BCUT2D eigenvalue weighted by molar-refractivity contribution is -0.127. The summed E-state index contributed by atoms with van der Waals surface area (Å²) in [5.74, 6) is 2.10. The van der Waals surface area contributed by atoms with Crippen LogP contribution < -0.4 is 11.1 Å². The van der Waals surface area contributed by atoms with E-state index >= 15 is 0 Å². The SMILES string of the molecule is CCC(CC)(CN)CNC(=O)C1CC2CCC1C2. The maximum Gasteiger partial charge on any atom is 0.223 e. The molecule has 2 fully saturated rings. The zero-order valence-corrected chi connectivity index (χ0v) is 11.9. The standard InChI is InChI=1S/C15H28N2O/c1-3-15(4-2,9-16)10-17-14(18)13-8-11-5-6-12(13)7-11/h11-13H,3-10,16H2,1-2H3,(H,17,18). The highest BCUT2D eigenvalue weighted by Gasteiger charge is 2.43. The number of rotatable bonds is 6. The first-order valence-electron chi connectivity index (χ1n) is 7.62. The fourth-order valence-corrected chi connectivity index (χ4v) is 3.83. The first kappa shape index (κ1) is 13.9. The van der Waals surface area contributed by atoms with E-state index in [9.17, 15) is 4.79 Å². The van der Waals surface area contributed by atoms with E-state index < -0.39 is 0 Å². The number of nitrogens with one attached hydrogen (secondary N) is 1. The highest BCUT2D eigenvalue weighted by molar-refractivity contribution is 5.79. The predicted octanol–water partition coefficient (Wildman–Crippen LogP) is 2.30. The third-order valence-electron chi connectivity index (χ3n) is 5.65. The lowest BCUT2D eigenvalue weighted by atomic mass is 9.82. The van der Waals surface area contributed by atoms with Gasteiger partial charge in [-0.3, -0.25) is 4.79 Å². The number of carbonyl (C=O) groups is 1.